The van der Waals surface area contributed by atoms with Gasteiger partial charge in [-0.3, -0.25) is 0 Å². The smallest absolute Gasteiger partial charge is 0.0619 e. The number of para-hydroxylation sites is 5. The summed E-state index contributed by atoms with van der Waals surface area (Å²) in [5, 5.41) is 7.69. The number of thiophene rings is 1. The molecule has 0 bridgehead atoms. The molecule has 0 radical (unpaired) electrons. The number of hydrogen-bond acceptors (Lipinski definition) is 1. The molecule has 0 saturated carbocycles. The summed E-state index contributed by atoms with van der Waals surface area (Å²) >= 11 is 1.89. The molecule has 8 aromatic carbocycles. The summed E-state index contributed by atoms with van der Waals surface area (Å²) in [4.78, 5) is 0. The van der Waals surface area contributed by atoms with Crippen molar-refractivity contribution in [2.24, 2.45) is 0 Å². The first-order valence-electron chi connectivity index (χ1n) is 17.4. The highest BCUT2D eigenvalue weighted by molar-refractivity contribution is 7.26. The molecule has 0 aliphatic heterocycles. The lowest BCUT2D eigenvalue weighted by Gasteiger charge is -2.14. The van der Waals surface area contributed by atoms with Crippen molar-refractivity contribution in [2.45, 2.75) is 0 Å². The van der Waals surface area contributed by atoms with Gasteiger partial charge in [0.25, 0.3) is 0 Å². The Morgan fingerprint density at radius 2 is 0.902 bits per heavy atom. The predicted molar refractivity (Wildman–Crippen MR) is 219 cm³/mol. The van der Waals surface area contributed by atoms with Crippen LogP contribution in [0.4, 0.5) is 0 Å². The lowest BCUT2D eigenvalue weighted by Crippen LogP contribution is -1.95. The van der Waals surface area contributed by atoms with Gasteiger partial charge in [-0.25, -0.2) is 0 Å². The largest absolute Gasteiger partial charge is 0.309 e. The molecule has 0 atom stereocenters. The third-order valence-corrected chi connectivity index (χ3v) is 11.6. The summed E-state index contributed by atoms with van der Waals surface area (Å²) in [5.41, 5.74) is 12.2. The third-order valence-electron chi connectivity index (χ3n) is 10.5. The predicted octanol–water partition coefficient (Wildman–Crippen LogP) is 13.6. The van der Waals surface area contributed by atoms with Crippen molar-refractivity contribution in [1.82, 2.24) is 9.13 Å². The zero-order valence-corrected chi connectivity index (χ0v) is 28.4. The summed E-state index contributed by atoms with van der Waals surface area (Å²) in [5.74, 6) is 0. The van der Waals surface area contributed by atoms with E-state index in [-0.39, 0.29) is 0 Å². The minimum Gasteiger partial charge on any atom is -0.309 e. The number of aromatic nitrogens is 2. The molecule has 11 rings (SSSR count). The van der Waals surface area contributed by atoms with Crippen molar-refractivity contribution >= 4 is 75.1 Å². The molecular formula is C48H30N2S. The molecule has 3 aromatic heterocycles. The zero-order valence-electron chi connectivity index (χ0n) is 27.6. The molecule has 0 aliphatic rings. The van der Waals surface area contributed by atoms with Crippen molar-refractivity contribution in [2.75, 3.05) is 0 Å². The van der Waals surface area contributed by atoms with Crippen LogP contribution in [0.1, 0.15) is 0 Å². The van der Waals surface area contributed by atoms with Crippen LogP contribution in [0.15, 0.2) is 182 Å². The SMILES string of the molecule is c1ccc(-n2c3ccccc3c3c(-c4cc(-c5cccc6c7ccccc7n(-c7ccccc7)c56)cc5sc6ccccc6c45)cccc32)cc1. The second-order valence-electron chi connectivity index (χ2n) is 13.3. The number of benzene rings is 8. The van der Waals surface area contributed by atoms with Crippen LogP contribution in [0.25, 0.3) is 97.4 Å². The molecule has 3 heteroatoms. The molecule has 0 fully saturated rings. The first-order valence-corrected chi connectivity index (χ1v) is 18.3. The van der Waals surface area contributed by atoms with Crippen LogP contribution in [0.3, 0.4) is 0 Å². The fraction of sp³-hybridized carbons (Fsp3) is 0. The van der Waals surface area contributed by atoms with E-state index in [0.717, 1.165) is 5.69 Å². The maximum atomic E-state index is 2.46. The van der Waals surface area contributed by atoms with E-state index in [1.807, 2.05) is 11.3 Å². The number of nitrogens with zero attached hydrogens (tertiary/aromatic N) is 2. The third kappa shape index (κ3) is 4.16. The van der Waals surface area contributed by atoms with Crippen LogP contribution in [0, 0.1) is 0 Å². The monoisotopic (exact) mass is 666 g/mol. The van der Waals surface area contributed by atoms with Gasteiger partial charge in [-0.2, -0.15) is 0 Å². The van der Waals surface area contributed by atoms with E-state index in [0.29, 0.717) is 0 Å². The van der Waals surface area contributed by atoms with E-state index in [4.69, 9.17) is 0 Å². The summed E-state index contributed by atoms with van der Waals surface area (Å²) in [6.45, 7) is 0. The van der Waals surface area contributed by atoms with E-state index >= 15 is 0 Å². The van der Waals surface area contributed by atoms with Gasteiger partial charge in [-0.15, -0.1) is 11.3 Å². The van der Waals surface area contributed by atoms with Gasteiger partial charge >= 0.3 is 0 Å². The van der Waals surface area contributed by atoms with E-state index in [1.165, 1.54) is 91.7 Å². The lowest BCUT2D eigenvalue weighted by atomic mass is 9.91. The Kier molecular flexibility index (Phi) is 6.16. The molecule has 3 heterocycles. The zero-order chi connectivity index (χ0) is 33.5. The van der Waals surface area contributed by atoms with E-state index < -0.39 is 0 Å². The first kappa shape index (κ1) is 28.4. The normalized spacial score (nSPS) is 11.9. The Morgan fingerprint density at radius 1 is 0.333 bits per heavy atom. The number of hydrogen-bond donors (Lipinski definition) is 0. The molecule has 0 unspecified atom stereocenters. The van der Waals surface area contributed by atoms with Gasteiger partial charge < -0.3 is 9.13 Å². The maximum absolute atomic E-state index is 2.46. The van der Waals surface area contributed by atoms with Gasteiger partial charge in [0.15, 0.2) is 0 Å². The summed E-state index contributed by atoms with van der Waals surface area (Å²) in [7, 11) is 0. The molecule has 0 saturated heterocycles. The van der Waals surface area contributed by atoms with E-state index in [1.54, 1.807) is 0 Å². The minimum atomic E-state index is 1.16. The molecule has 0 N–H and O–H groups in total. The van der Waals surface area contributed by atoms with Crippen LogP contribution in [-0.4, -0.2) is 9.13 Å². The molecule has 0 aliphatic carbocycles. The summed E-state index contributed by atoms with van der Waals surface area (Å²) in [6, 6.07) is 66.6. The van der Waals surface area contributed by atoms with Crippen molar-refractivity contribution < 1.29 is 0 Å². The van der Waals surface area contributed by atoms with Gasteiger partial charge in [0.1, 0.15) is 0 Å². The second kappa shape index (κ2) is 11.0. The Balaban J connectivity index is 1.28. The van der Waals surface area contributed by atoms with Crippen molar-refractivity contribution in [3.63, 3.8) is 0 Å². The second-order valence-corrected chi connectivity index (χ2v) is 14.4. The molecule has 51 heavy (non-hydrogen) atoms. The number of fused-ring (bicyclic) bond motifs is 9. The fourth-order valence-corrected chi connectivity index (χ4v) is 9.59. The molecule has 0 amide bonds. The first-order chi connectivity index (χ1) is 25.3. The average Bonchev–Trinajstić information content (AvgIpc) is 3.86. The fourth-order valence-electron chi connectivity index (χ4n) is 8.42. The van der Waals surface area contributed by atoms with Crippen LogP contribution in [0.5, 0.6) is 0 Å². The standard InChI is InChI=1S/C48H30N2S/c1-3-15-32(16-4-1)49-42-26-11-8-20-38(42)46-36(23-14-27-43(46)49)40-29-31(30-45-47(40)39-21-9-12-28-44(39)51-45)34-22-13-24-37-35-19-7-10-25-41(35)50(48(34)37)33-17-5-2-6-18-33/h1-30H. The van der Waals surface area contributed by atoms with E-state index in [9.17, 15) is 0 Å². The van der Waals surface area contributed by atoms with Gasteiger partial charge in [0.05, 0.1) is 22.1 Å². The Bertz CT molecular complexity index is 3130. The molecule has 0 spiro atoms. The van der Waals surface area contributed by atoms with Crippen molar-refractivity contribution in [3.8, 4) is 33.6 Å². The Hall–Kier alpha value is -6.42. The van der Waals surface area contributed by atoms with Gasteiger partial charge in [0, 0.05) is 58.7 Å². The lowest BCUT2D eigenvalue weighted by molar-refractivity contribution is 1.18. The Labute approximate surface area is 298 Å². The highest BCUT2D eigenvalue weighted by atomic mass is 32.1. The topological polar surface area (TPSA) is 9.86 Å². The summed E-state index contributed by atoms with van der Waals surface area (Å²) < 4.78 is 7.47. The van der Waals surface area contributed by atoms with Crippen LogP contribution in [-0.2, 0) is 0 Å². The molecular weight excluding hydrogens is 637 g/mol. The molecule has 11 aromatic rings. The highest BCUT2D eigenvalue weighted by Crippen LogP contribution is 2.48. The Morgan fingerprint density at radius 3 is 1.69 bits per heavy atom. The average molecular weight is 667 g/mol. The van der Waals surface area contributed by atoms with E-state index in [2.05, 4.69) is 191 Å². The van der Waals surface area contributed by atoms with Crippen molar-refractivity contribution in [3.05, 3.63) is 182 Å². The van der Waals surface area contributed by atoms with Crippen LogP contribution < -0.4 is 0 Å². The van der Waals surface area contributed by atoms with Gasteiger partial charge in [-0.1, -0.05) is 121 Å². The van der Waals surface area contributed by atoms with Gasteiger partial charge in [-0.05, 0) is 77.4 Å². The highest BCUT2D eigenvalue weighted by Gasteiger charge is 2.22. The van der Waals surface area contributed by atoms with Crippen LogP contribution in [0.2, 0.25) is 0 Å². The maximum Gasteiger partial charge on any atom is 0.0619 e. The summed E-state index contributed by atoms with van der Waals surface area (Å²) in [6.07, 6.45) is 0. The van der Waals surface area contributed by atoms with Crippen molar-refractivity contribution in [1.29, 1.82) is 0 Å². The quantitative estimate of drug-likeness (QED) is 0.177. The molecule has 2 nitrogen and oxygen atoms in total. The van der Waals surface area contributed by atoms with Gasteiger partial charge in [0.2, 0.25) is 0 Å². The van der Waals surface area contributed by atoms with Crippen LogP contribution >= 0.6 is 11.3 Å². The minimum absolute atomic E-state index is 1.16. The molecule has 238 valence electrons. The number of rotatable bonds is 4.